The Morgan fingerprint density at radius 1 is 0.956 bits per heavy atom. The Bertz CT molecular complexity index is 1880. The van der Waals surface area contributed by atoms with Crippen LogP contribution in [-0.2, 0) is 10.9 Å². The molecular formula is C32H31F3N6O4. The lowest BCUT2D eigenvalue weighted by Crippen LogP contribution is -2.44. The van der Waals surface area contributed by atoms with Gasteiger partial charge in [0, 0.05) is 32.1 Å². The van der Waals surface area contributed by atoms with Crippen molar-refractivity contribution < 1.29 is 32.2 Å². The first-order valence-electron chi connectivity index (χ1n) is 14.4. The van der Waals surface area contributed by atoms with Gasteiger partial charge in [-0.05, 0) is 68.3 Å². The summed E-state index contributed by atoms with van der Waals surface area (Å²) in [4.78, 5) is 39.1. The maximum Gasteiger partial charge on any atom is 0.416 e. The van der Waals surface area contributed by atoms with E-state index in [4.69, 9.17) is 9.47 Å². The standard InChI is InChI=1S/C32H31F3N6O4/c1-31(2,3)45-30(43)40-14-12-22(13-15-40)44-27-9-5-8-26-36-25(18-41(26)27)28(42)39-29-37-23-11-10-20(17-24(23)38-29)19-6-4-7-21(16-19)32(33,34)35/h4-11,16-18,22H,12-15H2,1-3H3,(H2,37,38,39,42). The van der Waals surface area contributed by atoms with Crippen LogP contribution in [0.1, 0.15) is 49.7 Å². The van der Waals surface area contributed by atoms with Crippen molar-refractivity contribution in [3.8, 4) is 17.0 Å². The molecular weight excluding hydrogens is 589 g/mol. The summed E-state index contributed by atoms with van der Waals surface area (Å²) in [5, 5.41) is 2.71. The Hall–Kier alpha value is -5.07. The lowest BCUT2D eigenvalue weighted by Gasteiger charge is -2.33. The summed E-state index contributed by atoms with van der Waals surface area (Å²) in [5.41, 5.74) is 1.38. The first kappa shape index (κ1) is 30.0. The molecule has 4 heterocycles. The highest BCUT2D eigenvalue weighted by atomic mass is 19.4. The normalized spacial score (nSPS) is 14.6. The molecule has 6 rings (SSSR count). The molecule has 3 aromatic heterocycles. The summed E-state index contributed by atoms with van der Waals surface area (Å²) in [5.74, 6) is 0.176. The molecule has 1 aliphatic heterocycles. The van der Waals surface area contributed by atoms with Gasteiger partial charge in [0.2, 0.25) is 5.95 Å². The van der Waals surface area contributed by atoms with E-state index in [0.29, 0.717) is 59.6 Å². The van der Waals surface area contributed by atoms with Crippen molar-refractivity contribution in [2.75, 3.05) is 18.4 Å². The summed E-state index contributed by atoms with van der Waals surface area (Å²) in [6, 6.07) is 15.4. The number of ether oxygens (including phenoxy) is 2. The van der Waals surface area contributed by atoms with E-state index in [0.717, 1.165) is 12.1 Å². The van der Waals surface area contributed by atoms with E-state index in [1.807, 2.05) is 20.8 Å². The van der Waals surface area contributed by atoms with Crippen LogP contribution >= 0.6 is 0 Å². The number of halogens is 3. The molecule has 1 aliphatic rings. The molecule has 0 saturated carbocycles. The minimum atomic E-state index is -4.45. The van der Waals surface area contributed by atoms with E-state index in [9.17, 15) is 22.8 Å². The van der Waals surface area contributed by atoms with Gasteiger partial charge >= 0.3 is 12.3 Å². The maximum atomic E-state index is 13.2. The largest absolute Gasteiger partial charge is 0.475 e. The zero-order valence-electron chi connectivity index (χ0n) is 24.8. The molecule has 234 valence electrons. The number of likely N-dealkylation sites (tertiary alicyclic amines) is 1. The average molecular weight is 621 g/mol. The number of benzene rings is 2. The molecule has 0 radical (unpaired) electrons. The highest BCUT2D eigenvalue weighted by Crippen LogP contribution is 2.33. The number of piperidine rings is 1. The monoisotopic (exact) mass is 620 g/mol. The van der Waals surface area contributed by atoms with Gasteiger partial charge in [-0.2, -0.15) is 13.2 Å². The van der Waals surface area contributed by atoms with E-state index in [1.165, 1.54) is 6.07 Å². The van der Waals surface area contributed by atoms with Gasteiger partial charge in [0.1, 0.15) is 23.0 Å². The molecule has 45 heavy (non-hydrogen) atoms. The number of rotatable bonds is 5. The number of carbonyl (C=O) groups excluding carboxylic acids is 2. The third-order valence-corrected chi connectivity index (χ3v) is 7.31. The number of anilines is 1. The van der Waals surface area contributed by atoms with E-state index in [2.05, 4.69) is 20.3 Å². The molecule has 10 nitrogen and oxygen atoms in total. The highest BCUT2D eigenvalue weighted by Gasteiger charge is 2.31. The number of hydrogen-bond donors (Lipinski definition) is 2. The Labute approximate surface area is 256 Å². The van der Waals surface area contributed by atoms with Crippen LogP contribution in [0.5, 0.6) is 5.88 Å². The van der Waals surface area contributed by atoms with Crippen LogP contribution in [0.25, 0.3) is 27.8 Å². The lowest BCUT2D eigenvalue weighted by molar-refractivity contribution is -0.137. The number of imidazole rings is 2. The quantitative estimate of drug-likeness (QED) is 0.220. The van der Waals surface area contributed by atoms with Crippen molar-refractivity contribution in [1.29, 1.82) is 0 Å². The van der Waals surface area contributed by atoms with Crippen LogP contribution in [0, 0.1) is 0 Å². The number of hydrogen-bond acceptors (Lipinski definition) is 6. The van der Waals surface area contributed by atoms with Gasteiger partial charge in [0.15, 0.2) is 5.88 Å². The van der Waals surface area contributed by atoms with Crippen LogP contribution in [0.3, 0.4) is 0 Å². The van der Waals surface area contributed by atoms with Crippen LogP contribution in [0.15, 0.2) is 66.9 Å². The fourth-order valence-electron chi connectivity index (χ4n) is 5.14. The van der Waals surface area contributed by atoms with Crippen molar-refractivity contribution in [3.63, 3.8) is 0 Å². The molecule has 0 aliphatic carbocycles. The molecule has 0 atom stereocenters. The molecule has 2 amide bonds. The summed E-state index contributed by atoms with van der Waals surface area (Å²) >= 11 is 0. The topological polar surface area (TPSA) is 114 Å². The Kier molecular flexibility index (Phi) is 7.63. The molecule has 1 fully saturated rings. The number of alkyl halides is 3. The van der Waals surface area contributed by atoms with Gasteiger partial charge in [-0.25, -0.2) is 14.8 Å². The van der Waals surface area contributed by atoms with Gasteiger partial charge in [0.05, 0.1) is 16.6 Å². The SMILES string of the molecule is CC(C)(C)OC(=O)N1CCC(Oc2cccc3nc(C(=O)Nc4nc5cc(-c6cccc(C(F)(F)F)c6)ccc5[nH]4)cn23)CC1. The Morgan fingerprint density at radius 3 is 2.42 bits per heavy atom. The maximum absolute atomic E-state index is 13.2. The summed E-state index contributed by atoms with van der Waals surface area (Å²) in [6.45, 7) is 6.51. The second kappa shape index (κ2) is 11.5. The first-order valence-corrected chi connectivity index (χ1v) is 14.4. The highest BCUT2D eigenvalue weighted by molar-refractivity contribution is 6.03. The minimum Gasteiger partial charge on any atom is -0.475 e. The fourth-order valence-corrected chi connectivity index (χ4v) is 5.14. The van der Waals surface area contributed by atoms with Crippen molar-refractivity contribution >= 4 is 34.6 Å². The van der Waals surface area contributed by atoms with E-state index in [1.54, 1.807) is 58.0 Å². The van der Waals surface area contributed by atoms with Crippen molar-refractivity contribution in [2.24, 2.45) is 0 Å². The van der Waals surface area contributed by atoms with Crippen LogP contribution in [-0.4, -0.2) is 61.0 Å². The second-order valence-electron chi connectivity index (χ2n) is 11.9. The number of fused-ring (bicyclic) bond motifs is 2. The van der Waals surface area contributed by atoms with E-state index >= 15 is 0 Å². The molecule has 1 saturated heterocycles. The second-order valence-corrected chi connectivity index (χ2v) is 11.9. The molecule has 5 aromatic rings. The van der Waals surface area contributed by atoms with Gasteiger partial charge < -0.3 is 19.4 Å². The van der Waals surface area contributed by atoms with Crippen LogP contribution in [0.2, 0.25) is 0 Å². The number of H-pyrrole nitrogens is 1. The lowest BCUT2D eigenvalue weighted by atomic mass is 10.0. The molecule has 13 heteroatoms. The predicted molar refractivity (Wildman–Crippen MR) is 161 cm³/mol. The van der Waals surface area contributed by atoms with E-state index in [-0.39, 0.29) is 23.8 Å². The van der Waals surface area contributed by atoms with Crippen molar-refractivity contribution in [2.45, 2.75) is 51.5 Å². The molecule has 2 aromatic carbocycles. The third kappa shape index (κ3) is 6.71. The summed E-state index contributed by atoms with van der Waals surface area (Å²) < 4.78 is 53.0. The van der Waals surface area contributed by atoms with Gasteiger partial charge in [0.25, 0.3) is 5.91 Å². The Balaban J connectivity index is 1.13. The minimum absolute atomic E-state index is 0.134. The number of pyridine rings is 1. The Morgan fingerprint density at radius 2 is 1.69 bits per heavy atom. The smallest absolute Gasteiger partial charge is 0.416 e. The van der Waals surface area contributed by atoms with Gasteiger partial charge in [-0.15, -0.1) is 0 Å². The van der Waals surface area contributed by atoms with Crippen LogP contribution < -0.4 is 10.1 Å². The van der Waals surface area contributed by atoms with Crippen LogP contribution in [0.4, 0.5) is 23.9 Å². The average Bonchev–Trinajstić information content (AvgIpc) is 3.60. The number of nitrogens with zero attached hydrogens (tertiary/aromatic N) is 4. The zero-order chi connectivity index (χ0) is 31.9. The summed E-state index contributed by atoms with van der Waals surface area (Å²) in [6.07, 6.45) is -2.10. The molecule has 0 bridgehead atoms. The number of amides is 2. The summed E-state index contributed by atoms with van der Waals surface area (Å²) in [7, 11) is 0. The third-order valence-electron chi connectivity index (χ3n) is 7.31. The number of aromatic nitrogens is 4. The molecule has 0 spiro atoms. The zero-order valence-corrected chi connectivity index (χ0v) is 24.8. The van der Waals surface area contributed by atoms with Crippen molar-refractivity contribution in [3.05, 3.63) is 78.1 Å². The fraction of sp³-hybridized carbons (Fsp3) is 0.312. The first-order chi connectivity index (χ1) is 21.3. The number of carbonyl (C=O) groups is 2. The van der Waals surface area contributed by atoms with Gasteiger partial charge in [-0.1, -0.05) is 24.3 Å². The van der Waals surface area contributed by atoms with Crippen molar-refractivity contribution in [1.82, 2.24) is 24.3 Å². The predicted octanol–water partition coefficient (Wildman–Crippen LogP) is 6.93. The molecule has 0 unspecified atom stereocenters. The molecule has 2 N–H and O–H groups in total. The number of nitrogens with one attached hydrogen (secondary N) is 2. The number of aromatic amines is 1. The van der Waals surface area contributed by atoms with E-state index < -0.39 is 23.2 Å². The van der Waals surface area contributed by atoms with Gasteiger partial charge in [-0.3, -0.25) is 14.5 Å².